The zero-order valence-electron chi connectivity index (χ0n) is 14.2. The molecule has 0 N–H and O–H groups in total. The molecule has 3 aromatic rings. The third-order valence-electron chi connectivity index (χ3n) is 5.56. The van der Waals surface area contributed by atoms with Crippen molar-refractivity contribution in [1.82, 2.24) is 19.7 Å². The molecule has 0 saturated heterocycles. The maximum absolute atomic E-state index is 9.65. The van der Waals surface area contributed by atoms with Gasteiger partial charge in [0.1, 0.15) is 5.82 Å². The van der Waals surface area contributed by atoms with Gasteiger partial charge in [-0.3, -0.25) is 0 Å². The van der Waals surface area contributed by atoms with Crippen molar-refractivity contribution in [3.05, 3.63) is 47.5 Å². The molecule has 5 heteroatoms. The van der Waals surface area contributed by atoms with Gasteiger partial charge in [-0.1, -0.05) is 12.1 Å². The molecule has 5 nitrogen and oxygen atoms in total. The molecular formula is C20H19N5. The molecule has 124 valence electrons. The van der Waals surface area contributed by atoms with Crippen molar-refractivity contribution in [2.24, 2.45) is 0 Å². The Balaban J connectivity index is 1.66. The van der Waals surface area contributed by atoms with Gasteiger partial charge in [0, 0.05) is 23.1 Å². The predicted octanol–water partition coefficient (Wildman–Crippen LogP) is 3.95. The lowest BCUT2D eigenvalue weighted by atomic mass is 9.65. The summed E-state index contributed by atoms with van der Waals surface area (Å²) >= 11 is 0. The van der Waals surface area contributed by atoms with E-state index in [0.29, 0.717) is 5.92 Å². The lowest BCUT2D eigenvalue weighted by molar-refractivity contribution is 0.324. The summed E-state index contributed by atoms with van der Waals surface area (Å²) in [6, 6.07) is 10.8. The maximum atomic E-state index is 9.65. The van der Waals surface area contributed by atoms with Crippen LogP contribution in [0.1, 0.15) is 55.1 Å². The zero-order chi connectivity index (χ0) is 17.0. The first-order valence-corrected chi connectivity index (χ1v) is 8.94. The van der Waals surface area contributed by atoms with Crippen LogP contribution in [0, 0.1) is 18.3 Å². The molecule has 0 radical (unpaired) electrons. The van der Waals surface area contributed by atoms with Gasteiger partial charge in [0.2, 0.25) is 0 Å². The van der Waals surface area contributed by atoms with E-state index >= 15 is 0 Å². The van der Waals surface area contributed by atoms with E-state index in [1.54, 1.807) is 0 Å². The Bertz CT molecular complexity index is 1020. The second-order valence-electron chi connectivity index (χ2n) is 7.38. The topological polar surface area (TPSA) is 67.4 Å². The summed E-state index contributed by atoms with van der Waals surface area (Å²) in [6.07, 6.45) is 7.24. The molecule has 1 aromatic carbocycles. The van der Waals surface area contributed by atoms with Crippen molar-refractivity contribution in [2.75, 3.05) is 0 Å². The molecule has 2 fully saturated rings. The van der Waals surface area contributed by atoms with E-state index < -0.39 is 0 Å². The van der Waals surface area contributed by atoms with Crippen molar-refractivity contribution >= 4 is 10.9 Å². The SMILES string of the molecule is Cc1cc(-n2ncc3ccc(C4(C#N)CCC4)cc32)nc(C2CC2)n1. The van der Waals surface area contributed by atoms with Crippen molar-refractivity contribution in [3.8, 4) is 11.9 Å². The van der Waals surface area contributed by atoms with Crippen molar-refractivity contribution in [3.63, 3.8) is 0 Å². The minimum Gasteiger partial charge on any atom is -0.238 e. The van der Waals surface area contributed by atoms with Crippen LogP contribution in [-0.4, -0.2) is 19.7 Å². The van der Waals surface area contributed by atoms with Gasteiger partial charge in [-0.25, -0.2) is 14.6 Å². The van der Waals surface area contributed by atoms with Gasteiger partial charge >= 0.3 is 0 Å². The average molecular weight is 329 g/mol. The first kappa shape index (κ1) is 14.6. The smallest absolute Gasteiger partial charge is 0.157 e. The van der Waals surface area contributed by atoms with Gasteiger partial charge in [0.25, 0.3) is 0 Å². The van der Waals surface area contributed by atoms with E-state index in [4.69, 9.17) is 4.98 Å². The second kappa shape index (κ2) is 5.13. The first-order chi connectivity index (χ1) is 12.2. The largest absolute Gasteiger partial charge is 0.238 e. The number of nitrogens with zero attached hydrogens (tertiary/aromatic N) is 5. The van der Waals surface area contributed by atoms with Crippen LogP contribution < -0.4 is 0 Å². The van der Waals surface area contributed by atoms with Crippen LogP contribution in [-0.2, 0) is 5.41 Å². The fourth-order valence-corrected chi connectivity index (χ4v) is 3.70. The minimum atomic E-state index is -0.315. The molecule has 25 heavy (non-hydrogen) atoms. The lowest BCUT2D eigenvalue weighted by Crippen LogP contribution is -2.32. The highest BCUT2D eigenvalue weighted by Gasteiger charge is 2.39. The van der Waals surface area contributed by atoms with Crippen LogP contribution in [0.5, 0.6) is 0 Å². The molecule has 2 saturated carbocycles. The Labute approximate surface area is 146 Å². The summed E-state index contributed by atoms with van der Waals surface area (Å²) in [7, 11) is 0. The Kier molecular flexibility index (Phi) is 2.99. The van der Waals surface area contributed by atoms with Gasteiger partial charge in [-0.15, -0.1) is 0 Å². The number of fused-ring (bicyclic) bond motifs is 1. The van der Waals surface area contributed by atoms with Crippen LogP contribution >= 0.6 is 0 Å². The lowest BCUT2D eigenvalue weighted by Gasteiger charge is -2.35. The number of hydrogen-bond acceptors (Lipinski definition) is 4. The van der Waals surface area contributed by atoms with E-state index in [1.807, 2.05) is 23.9 Å². The van der Waals surface area contributed by atoms with Gasteiger partial charge in [0.15, 0.2) is 5.82 Å². The fraction of sp³-hybridized carbons (Fsp3) is 0.400. The van der Waals surface area contributed by atoms with Crippen LogP contribution in [0.15, 0.2) is 30.5 Å². The molecule has 0 atom stereocenters. The van der Waals surface area contributed by atoms with Gasteiger partial charge in [0.05, 0.1) is 23.2 Å². The van der Waals surface area contributed by atoms with Crippen LogP contribution in [0.25, 0.3) is 16.7 Å². The summed E-state index contributed by atoms with van der Waals surface area (Å²) in [5, 5.41) is 15.3. The maximum Gasteiger partial charge on any atom is 0.157 e. The van der Waals surface area contributed by atoms with Crippen molar-refractivity contribution in [2.45, 2.75) is 50.4 Å². The number of benzene rings is 1. The Morgan fingerprint density at radius 3 is 2.72 bits per heavy atom. The number of hydrogen-bond donors (Lipinski definition) is 0. The second-order valence-corrected chi connectivity index (χ2v) is 7.38. The Morgan fingerprint density at radius 2 is 2.04 bits per heavy atom. The molecule has 2 aromatic heterocycles. The highest BCUT2D eigenvalue weighted by molar-refractivity contribution is 5.81. The van der Waals surface area contributed by atoms with Crippen molar-refractivity contribution < 1.29 is 0 Å². The normalized spacial score (nSPS) is 18.7. The summed E-state index contributed by atoms with van der Waals surface area (Å²) in [5.74, 6) is 2.26. The fourth-order valence-electron chi connectivity index (χ4n) is 3.70. The summed E-state index contributed by atoms with van der Waals surface area (Å²) in [6.45, 7) is 2.01. The number of rotatable bonds is 3. The van der Waals surface area contributed by atoms with E-state index in [-0.39, 0.29) is 5.41 Å². The van der Waals surface area contributed by atoms with Crippen LogP contribution in [0.2, 0.25) is 0 Å². The number of aryl methyl sites for hydroxylation is 1. The highest BCUT2D eigenvalue weighted by atomic mass is 15.3. The van der Waals surface area contributed by atoms with E-state index in [0.717, 1.165) is 53.1 Å². The van der Waals surface area contributed by atoms with Gasteiger partial charge < -0.3 is 0 Å². The standard InChI is InChI=1S/C20H19N5/c1-13-9-18(24-19(23-13)14-3-4-14)25-17-10-16(6-5-15(17)11-22-25)20(12-21)7-2-8-20/h5-6,9-11,14H,2-4,7-8H2,1H3. The molecular weight excluding hydrogens is 310 g/mol. The third-order valence-corrected chi connectivity index (χ3v) is 5.56. The summed E-state index contributed by atoms with van der Waals surface area (Å²) in [5.41, 5.74) is 2.77. The monoisotopic (exact) mass is 329 g/mol. The van der Waals surface area contributed by atoms with E-state index in [9.17, 15) is 5.26 Å². The van der Waals surface area contributed by atoms with E-state index in [1.165, 1.54) is 12.8 Å². The van der Waals surface area contributed by atoms with Gasteiger partial charge in [-0.05, 0) is 50.7 Å². The zero-order valence-corrected chi connectivity index (χ0v) is 14.2. The Hall–Kier alpha value is -2.74. The average Bonchev–Trinajstić information content (AvgIpc) is 3.34. The number of aromatic nitrogens is 4. The summed E-state index contributed by atoms with van der Waals surface area (Å²) in [4.78, 5) is 9.34. The van der Waals surface area contributed by atoms with Crippen LogP contribution in [0.3, 0.4) is 0 Å². The molecule has 2 heterocycles. The highest BCUT2D eigenvalue weighted by Crippen LogP contribution is 2.44. The number of nitriles is 1. The third kappa shape index (κ3) is 2.25. The summed E-state index contributed by atoms with van der Waals surface area (Å²) < 4.78 is 1.89. The molecule has 5 rings (SSSR count). The van der Waals surface area contributed by atoms with Crippen molar-refractivity contribution in [1.29, 1.82) is 5.26 Å². The molecule has 0 amide bonds. The molecule has 2 aliphatic rings. The molecule has 2 aliphatic carbocycles. The molecule has 0 bridgehead atoms. The minimum absolute atomic E-state index is 0.315. The molecule has 0 aliphatic heterocycles. The van der Waals surface area contributed by atoms with Crippen LogP contribution in [0.4, 0.5) is 0 Å². The quantitative estimate of drug-likeness (QED) is 0.730. The predicted molar refractivity (Wildman–Crippen MR) is 94.5 cm³/mol. The first-order valence-electron chi connectivity index (χ1n) is 8.94. The van der Waals surface area contributed by atoms with E-state index in [2.05, 4.69) is 34.4 Å². The van der Waals surface area contributed by atoms with Gasteiger partial charge in [-0.2, -0.15) is 10.4 Å². The molecule has 0 unspecified atom stereocenters. The molecule has 0 spiro atoms. The Morgan fingerprint density at radius 1 is 1.20 bits per heavy atom.